The van der Waals surface area contributed by atoms with Gasteiger partial charge in [-0.1, -0.05) is 19.8 Å². The van der Waals surface area contributed by atoms with E-state index in [1.165, 1.54) is 32.1 Å². The van der Waals surface area contributed by atoms with Crippen LogP contribution in [0, 0.1) is 19.3 Å². The van der Waals surface area contributed by atoms with Crippen LogP contribution in [0.4, 0.5) is 5.82 Å². The largest absolute Gasteiger partial charge is 0.368 e. The second kappa shape index (κ2) is 5.03. The van der Waals surface area contributed by atoms with Gasteiger partial charge < -0.3 is 5.32 Å². The van der Waals surface area contributed by atoms with Gasteiger partial charge in [-0.2, -0.15) is 0 Å². The molecule has 0 unspecified atom stereocenters. The molecule has 0 atom stereocenters. The van der Waals surface area contributed by atoms with Gasteiger partial charge in [0.1, 0.15) is 5.82 Å². The van der Waals surface area contributed by atoms with Crippen LogP contribution < -0.4 is 5.32 Å². The molecule has 0 aliphatic heterocycles. The molecule has 0 radical (unpaired) electrons. The lowest BCUT2D eigenvalue weighted by Crippen LogP contribution is -2.26. The Labute approximate surface area is 104 Å². The number of rotatable bonds is 4. The molecule has 1 aromatic heterocycles. The average Bonchev–Trinajstić information content (AvgIpc) is 2.80. The van der Waals surface area contributed by atoms with Crippen molar-refractivity contribution in [3.63, 3.8) is 0 Å². The van der Waals surface area contributed by atoms with Crippen LogP contribution in [0.1, 0.15) is 50.4 Å². The van der Waals surface area contributed by atoms with Crippen molar-refractivity contribution in [3.8, 4) is 0 Å². The normalized spacial score (nSPS) is 18.3. The van der Waals surface area contributed by atoms with Crippen molar-refractivity contribution in [2.75, 3.05) is 11.9 Å². The highest BCUT2D eigenvalue weighted by Gasteiger charge is 2.31. The second-order valence-corrected chi connectivity index (χ2v) is 5.34. The van der Waals surface area contributed by atoms with E-state index < -0.39 is 0 Å². The van der Waals surface area contributed by atoms with Gasteiger partial charge in [-0.15, -0.1) is 0 Å². The van der Waals surface area contributed by atoms with E-state index >= 15 is 0 Å². The molecule has 0 bridgehead atoms. The molecule has 1 aliphatic carbocycles. The van der Waals surface area contributed by atoms with E-state index in [0.29, 0.717) is 5.41 Å². The topological polar surface area (TPSA) is 37.8 Å². The van der Waals surface area contributed by atoms with Crippen LogP contribution in [0.25, 0.3) is 0 Å². The second-order valence-electron chi connectivity index (χ2n) is 5.34. The zero-order valence-electron chi connectivity index (χ0n) is 11.2. The Morgan fingerprint density at radius 2 is 1.94 bits per heavy atom. The van der Waals surface area contributed by atoms with E-state index in [0.717, 1.165) is 23.8 Å². The number of hydrogen-bond acceptors (Lipinski definition) is 3. The molecular formula is C14H23N3. The summed E-state index contributed by atoms with van der Waals surface area (Å²) >= 11 is 0. The Bertz CT molecular complexity index is 381. The summed E-state index contributed by atoms with van der Waals surface area (Å²) in [4.78, 5) is 8.87. The van der Waals surface area contributed by atoms with E-state index in [-0.39, 0.29) is 0 Å². The minimum atomic E-state index is 0.500. The molecule has 1 aliphatic rings. The van der Waals surface area contributed by atoms with Crippen molar-refractivity contribution in [3.05, 3.63) is 17.6 Å². The number of hydrogen-bond donors (Lipinski definition) is 1. The van der Waals surface area contributed by atoms with Crippen LogP contribution >= 0.6 is 0 Å². The number of nitrogens with zero attached hydrogens (tertiary/aromatic N) is 2. The van der Waals surface area contributed by atoms with Gasteiger partial charge in [-0.25, -0.2) is 4.98 Å². The molecule has 1 aromatic rings. The highest BCUT2D eigenvalue weighted by molar-refractivity contribution is 5.33. The summed E-state index contributed by atoms with van der Waals surface area (Å²) < 4.78 is 0. The maximum Gasteiger partial charge on any atom is 0.144 e. The molecule has 2 rings (SSSR count). The van der Waals surface area contributed by atoms with Gasteiger partial charge in [0.15, 0.2) is 0 Å². The first-order chi connectivity index (χ1) is 8.15. The lowest BCUT2D eigenvalue weighted by Gasteiger charge is -2.27. The smallest absolute Gasteiger partial charge is 0.144 e. The molecule has 94 valence electrons. The summed E-state index contributed by atoms with van der Waals surface area (Å²) in [5, 5.41) is 3.47. The predicted molar refractivity (Wildman–Crippen MR) is 71.2 cm³/mol. The summed E-state index contributed by atoms with van der Waals surface area (Å²) in [6, 6.07) is 0. The minimum Gasteiger partial charge on any atom is -0.368 e. The molecule has 1 fully saturated rings. The first kappa shape index (κ1) is 12.3. The highest BCUT2D eigenvalue weighted by Crippen LogP contribution is 2.40. The van der Waals surface area contributed by atoms with E-state index in [4.69, 9.17) is 0 Å². The molecule has 0 amide bonds. The first-order valence-electron chi connectivity index (χ1n) is 6.69. The standard InChI is InChI=1S/C14H23N3/c1-4-14(7-5-6-8-14)10-16-13-9-15-11(2)12(3)17-13/h9H,4-8,10H2,1-3H3,(H,16,17). The monoisotopic (exact) mass is 233 g/mol. The lowest BCUT2D eigenvalue weighted by molar-refractivity contribution is 0.306. The van der Waals surface area contributed by atoms with Crippen molar-refractivity contribution in [1.29, 1.82) is 0 Å². The fourth-order valence-electron chi connectivity index (χ4n) is 2.69. The maximum atomic E-state index is 4.53. The summed E-state index contributed by atoms with van der Waals surface area (Å²) in [5.74, 6) is 0.924. The molecule has 3 heteroatoms. The van der Waals surface area contributed by atoms with E-state index in [1.54, 1.807) is 0 Å². The fraction of sp³-hybridized carbons (Fsp3) is 0.714. The third-order valence-corrected chi connectivity index (χ3v) is 4.25. The van der Waals surface area contributed by atoms with Gasteiger partial charge >= 0.3 is 0 Å². The summed E-state index contributed by atoms with van der Waals surface area (Å²) in [6.07, 6.45) is 8.59. The number of anilines is 1. The van der Waals surface area contributed by atoms with Gasteiger partial charge in [0.2, 0.25) is 0 Å². The molecule has 0 spiro atoms. The number of aromatic nitrogens is 2. The van der Waals surface area contributed by atoms with Crippen molar-refractivity contribution in [2.24, 2.45) is 5.41 Å². The van der Waals surface area contributed by atoms with Crippen molar-refractivity contribution in [1.82, 2.24) is 9.97 Å². The van der Waals surface area contributed by atoms with Crippen molar-refractivity contribution in [2.45, 2.75) is 52.9 Å². The van der Waals surface area contributed by atoms with Gasteiger partial charge in [0.25, 0.3) is 0 Å². The summed E-state index contributed by atoms with van der Waals surface area (Å²) in [6.45, 7) is 7.36. The number of aryl methyl sites for hydroxylation is 2. The lowest BCUT2D eigenvalue weighted by atomic mass is 9.83. The summed E-state index contributed by atoms with van der Waals surface area (Å²) in [5.41, 5.74) is 2.54. The molecule has 17 heavy (non-hydrogen) atoms. The Balaban J connectivity index is 1.99. The van der Waals surface area contributed by atoms with Gasteiger partial charge in [-0.3, -0.25) is 4.98 Å². The SMILES string of the molecule is CCC1(CNc2cnc(C)c(C)n2)CCCC1. The Morgan fingerprint density at radius 3 is 2.53 bits per heavy atom. The van der Waals surface area contributed by atoms with E-state index in [9.17, 15) is 0 Å². The molecule has 1 saturated carbocycles. The molecule has 0 aromatic carbocycles. The van der Waals surface area contributed by atoms with Crippen molar-refractivity contribution < 1.29 is 0 Å². The van der Waals surface area contributed by atoms with Crippen LogP contribution in [0.15, 0.2) is 6.20 Å². The zero-order chi connectivity index (χ0) is 12.3. The molecular weight excluding hydrogens is 210 g/mol. The van der Waals surface area contributed by atoms with Crippen LogP contribution in [0.3, 0.4) is 0 Å². The van der Waals surface area contributed by atoms with Gasteiger partial charge in [0, 0.05) is 6.54 Å². The fourth-order valence-corrected chi connectivity index (χ4v) is 2.69. The van der Waals surface area contributed by atoms with Crippen molar-refractivity contribution >= 4 is 5.82 Å². The van der Waals surface area contributed by atoms with E-state index in [1.807, 2.05) is 20.0 Å². The van der Waals surface area contributed by atoms with Crippen LogP contribution in [0.5, 0.6) is 0 Å². The third kappa shape index (κ3) is 2.76. The van der Waals surface area contributed by atoms with Crippen LogP contribution in [-0.2, 0) is 0 Å². The molecule has 0 saturated heterocycles. The quantitative estimate of drug-likeness (QED) is 0.865. The van der Waals surface area contributed by atoms with Crippen LogP contribution in [-0.4, -0.2) is 16.5 Å². The molecule has 3 nitrogen and oxygen atoms in total. The minimum absolute atomic E-state index is 0.500. The molecule has 1 heterocycles. The van der Waals surface area contributed by atoms with Gasteiger partial charge in [-0.05, 0) is 38.5 Å². The van der Waals surface area contributed by atoms with Gasteiger partial charge in [0.05, 0.1) is 17.6 Å². The van der Waals surface area contributed by atoms with Crippen LogP contribution in [0.2, 0.25) is 0 Å². The summed E-state index contributed by atoms with van der Waals surface area (Å²) in [7, 11) is 0. The maximum absolute atomic E-state index is 4.53. The predicted octanol–water partition coefficient (Wildman–Crippen LogP) is 3.48. The Morgan fingerprint density at radius 1 is 1.24 bits per heavy atom. The number of nitrogens with one attached hydrogen (secondary N) is 1. The average molecular weight is 233 g/mol. The molecule has 1 N–H and O–H groups in total. The first-order valence-corrected chi connectivity index (χ1v) is 6.69. The van der Waals surface area contributed by atoms with E-state index in [2.05, 4.69) is 22.2 Å². The third-order valence-electron chi connectivity index (χ3n) is 4.25. The zero-order valence-corrected chi connectivity index (χ0v) is 11.2. The Kier molecular flexibility index (Phi) is 3.65. The Hall–Kier alpha value is -1.12. The highest BCUT2D eigenvalue weighted by atomic mass is 15.0.